The van der Waals surface area contributed by atoms with E-state index in [4.69, 9.17) is 4.74 Å². The van der Waals surface area contributed by atoms with Crippen molar-refractivity contribution in [3.63, 3.8) is 0 Å². The molecule has 3 nitrogen and oxygen atoms in total. The van der Waals surface area contributed by atoms with Gasteiger partial charge in [0.15, 0.2) is 5.78 Å². The molecule has 0 aliphatic carbocycles. The molecule has 21 heavy (non-hydrogen) atoms. The van der Waals surface area contributed by atoms with Crippen LogP contribution in [0.2, 0.25) is 0 Å². The second-order valence-electron chi connectivity index (χ2n) is 7.56. The van der Waals surface area contributed by atoms with Crippen molar-refractivity contribution in [2.24, 2.45) is 5.41 Å². The Hall–Kier alpha value is -1.19. The van der Waals surface area contributed by atoms with Crippen molar-refractivity contribution in [1.82, 2.24) is 5.32 Å². The summed E-state index contributed by atoms with van der Waals surface area (Å²) in [6.07, 6.45) is 0. The van der Waals surface area contributed by atoms with Gasteiger partial charge in [-0.25, -0.2) is 0 Å². The zero-order valence-electron chi connectivity index (χ0n) is 14.2. The maximum atomic E-state index is 12.5. The molecule has 0 aromatic heterocycles. The first-order valence-electron chi connectivity index (χ1n) is 7.53. The Balaban J connectivity index is 2.63. The summed E-state index contributed by atoms with van der Waals surface area (Å²) in [6.45, 7) is 13.0. The van der Waals surface area contributed by atoms with Crippen LogP contribution in [0.5, 0.6) is 0 Å². The number of ether oxygens (including phenoxy) is 1. The standard InChI is InChI=1S/C18H29NO2/c1-17(2,3)16(20)15(19-18(4,5)6)13-21-12-14-10-8-7-9-11-14/h7-11,15,19H,12-13H2,1-6H3/t15-/m1/s1. The van der Waals surface area contributed by atoms with Crippen LogP contribution < -0.4 is 5.32 Å². The van der Waals surface area contributed by atoms with Gasteiger partial charge in [0, 0.05) is 11.0 Å². The fraction of sp³-hybridized carbons (Fsp3) is 0.611. The fourth-order valence-electron chi connectivity index (χ4n) is 2.10. The third kappa shape index (κ3) is 6.87. The minimum absolute atomic E-state index is 0.123. The summed E-state index contributed by atoms with van der Waals surface area (Å²) in [5, 5.41) is 3.37. The van der Waals surface area contributed by atoms with Gasteiger partial charge >= 0.3 is 0 Å². The van der Waals surface area contributed by atoms with E-state index in [1.807, 2.05) is 51.1 Å². The molecule has 0 fully saturated rings. The lowest BCUT2D eigenvalue weighted by molar-refractivity contribution is -0.130. The molecule has 0 aliphatic heterocycles. The van der Waals surface area contributed by atoms with E-state index in [9.17, 15) is 4.79 Å². The zero-order chi connectivity index (χ0) is 16.1. The molecule has 0 unspecified atom stereocenters. The average molecular weight is 291 g/mol. The molecule has 1 rings (SSSR count). The Kier molecular flexibility index (Phi) is 6.11. The van der Waals surface area contributed by atoms with Crippen LogP contribution in [-0.2, 0) is 16.1 Å². The molecule has 1 N–H and O–H groups in total. The highest BCUT2D eigenvalue weighted by atomic mass is 16.5. The van der Waals surface area contributed by atoms with E-state index >= 15 is 0 Å². The number of carbonyl (C=O) groups is 1. The number of ketones is 1. The lowest BCUT2D eigenvalue weighted by atomic mass is 9.86. The number of benzene rings is 1. The minimum Gasteiger partial charge on any atom is -0.375 e. The largest absolute Gasteiger partial charge is 0.375 e. The van der Waals surface area contributed by atoms with Gasteiger partial charge in [-0.1, -0.05) is 51.1 Å². The highest BCUT2D eigenvalue weighted by Crippen LogP contribution is 2.19. The summed E-state index contributed by atoms with van der Waals surface area (Å²) in [7, 11) is 0. The van der Waals surface area contributed by atoms with Crippen molar-refractivity contribution in [3.8, 4) is 0 Å². The molecular formula is C18H29NO2. The van der Waals surface area contributed by atoms with Gasteiger partial charge in [-0.15, -0.1) is 0 Å². The van der Waals surface area contributed by atoms with E-state index in [2.05, 4.69) is 26.1 Å². The van der Waals surface area contributed by atoms with E-state index in [0.717, 1.165) is 5.56 Å². The van der Waals surface area contributed by atoms with Crippen molar-refractivity contribution in [3.05, 3.63) is 35.9 Å². The molecular weight excluding hydrogens is 262 g/mol. The van der Waals surface area contributed by atoms with Crippen LogP contribution in [0.3, 0.4) is 0 Å². The van der Waals surface area contributed by atoms with Crippen molar-refractivity contribution < 1.29 is 9.53 Å². The van der Waals surface area contributed by atoms with Gasteiger partial charge in [-0.05, 0) is 26.3 Å². The molecule has 0 bridgehead atoms. The Bertz CT molecular complexity index is 441. The van der Waals surface area contributed by atoms with Gasteiger partial charge in [0.2, 0.25) is 0 Å². The van der Waals surface area contributed by atoms with Crippen molar-refractivity contribution in [2.75, 3.05) is 6.61 Å². The maximum Gasteiger partial charge on any atom is 0.157 e. The lowest BCUT2D eigenvalue weighted by Crippen LogP contribution is -2.53. The summed E-state index contributed by atoms with van der Waals surface area (Å²) >= 11 is 0. The summed E-state index contributed by atoms with van der Waals surface area (Å²) in [6, 6.07) is 9.73. The fourth-order valence-corrected chi connectivity index (χ4v) is 2.10. The van der Waals surface area contributed by atoms with Crippen LogP contribution in [0.4, 0.5) is 0 Å². The van der Waals surface area contributed by atoms with Crippen molar-refractivity contribution >= 4 is 5.78 Å². The Morgan fingerprint density at radius 3 is 2.14 bits per heavy atom. The number of hydrogen-bond donors (Lipinski definition) is 1. The molecule has 1 aromatic carbocycles. The van der Waals surface area contributed by atoms with Gasteiger partial charge in [-0.2, -0.15) is 0 Å². The SMILES string of the molecule is CC(C)(C)N[C@H](COCc1ccccc1)C(=O)C(C)(C)C. The predicted octanol–water partition coefficient (Wildman–Crippen LogP) is 3.58. The van der Waals surface area contributed by atoms with Crippen LogP contribution in [0, 0.1) is 5.41 Å². The molecule has 0 amide bonds. The number of carbonyl (C=O) groups excluding carboxylic acids is 1. The Labute approximate surface area is 129 Å². The number of hydrogen-bond acceptors (Lipinski definition) is 3. The van der Waals surface area contributed by atoms with E-state index in [0.29, 0.717) is 13.2 Å². The van der Waals surface area contributed by atoms with E-state index < -0.39 is 0 Å². The van der Waals surface area contributed by atoms with E-state index in [-0.39, 0.29) is 22.8 Å². The van der Waals surface area contributed by atoms with Crippen LogP contribution in [0.1, 0.15) is 47.1 Å². The van der Waals surface area contributed by atoms with Gasteiger partial charge in [0.05, 0.1) is 19.3 Å². The molecule has 0 heterocycles. The maximum absolute atomic E-state index is 12.5. The summed E-state index contributed by atoms with van der Waals surface area (Å²) in [4.78, 5) is 12.5. The van der Waals surface area contributed by atoms with Crippen molar-refractivity contribution in [2.45, 2.75) is 59.7 Å². The third-order valence-corrected chi connectivity index (χ3v) is 3.06. The van der Waals surface area contributed by atoms with Gasteiger partial charge in [-0.3, -0.25) is 4.79 Å². The number of nitrogens with one attached hydrogen (secondary N) is 1. The molecule has 0 radical (unpaired) electrons. The second-order valence-corrected chi connectivity index (χ2v) is 7.56. The normalized spacial score (nSPS) is 14.0. The third-order valence-electron chi connectivity index (χ3n) is 3.06. The van der Waals surface area contributed by atoms with Crippen molar-refractivity contribution in [1.29, 1.82) is 0 Å². The first-order valence-corrected chi connectivity index (χ1v) is 7.53. The summed E-state index contributed by atoms with van der Waals surface area (Å²) in [5.41, 5.74) is 0.621. The smallest absolute Gasteiger partial charge is 0.157 e. The highest BCUT2D eigenvalue weighted by Gasteiger charge is 2.32. The molecule has 0 spiro atoms. The Morgan fingerprint density at radius 1 is 1.10 bits per heavy atom. The van der Waals surface area contributed by atoms with Crippen LogP contribution >= 0.6 is 0 Å². The molecule has 0 aliphatic rings. The predicted molar refractivity (Wildman–Crippen MR) is 87.2 cm³/mol. The molecule has 0 saturated heterocycles. The number of Topliss-reactive ketones (excluding diaryl/α,β-unsaturated/α-hetero) is 1. The summed E-state index contributed by atoms with van der Waals surface area (Å²) in [5.74, 6) is 0.186. The van der Waals surface area contributed by atoms with E-state index in [1.54, 1.807) is 0 Å². The summed E-state index contributed by atoms with van der Waals surface area (Å²) < 4.78 is 5.76. The zero-order valence-corrected chi connectivity index (χ0v) is 14.2. The molecule has 118 valence electrons. The average Bonchev–Trinajstić information content (AvgIpc) is 2.35. The molecule has 1 aromatic rings. The minimum atomic E-state index is -0.376. The van der Waals surface area contributed by atoms with Crippen LogP contribution in [0.25, 0.3) is 0 Å². The van der Waals surface area contributed by atoms with Gasteiger partial charge < -0.3 is 10.1 Å². The van der Waals surface area contributed by atoms with Crippen LogP contribution in [0.15, 0.2) is 30.3 Å². The van der Waals surface area contributed by atoms with Gasteiger partial charge in [0.25, 0.3) is 0 Å². The topological polar surface area (TPSA) is 38.3 Å². The van der Waals surface area contributed by atoms with E-state index in [1.165, 1.54) is 0 Å². The first kappa shape index (κ1) is 17.9. The quantitative estimate of drug-likeness (QED) is 0.870. The second kappa shape index (κ2) is 7.19. The Morgan fingerprint density at radius 2 is 1.67 bits per heavy atom. The van der Waals surface area contributed by atoms with Gasteiger partial charge in [0.1, 0.15) is 0 Å². The first-order chi connectivity index (χ1) is 9.59. The molecule has 3 heteroatoms. The monoisotopic (exact) mass is 291 g/mol. The highest BCUT2D eigenvalue weighted by molar-refractivity contribution is 5.88. The van der Waals surface area contributed by atoms with Crippen LogP contribution in [-0.4, -0.2) is 24.0 Å². The lowest BCUT2D eigenvalue weighted by Gasteiger charge is -2.31. The molecule has 1 atom stereocenters. The number of rotatable bonds is 6. The molecule has 0 saturated carbocycles.